The van der Waals surface area contributed by atoms with E-state index in [9.17, 15) is 65.1 Å². The Kier molecular flexibility index (Phi) is 10.3. The smallest absolute Gasteiger partial charge is 0.345 e. The monoisotopic (exact) mass is 718 g/mol. The Bertz CT molecular complexity index is 2090. The van der Waals surface area contributed by atoms with Gasteiger partial charge in [0.15, 0.2) is 46.0 Å². The second-order valence-corrected chi connectivity index (χ2v) is 11.6. The van der Waals surface area contributed by atoms with Crippen molar-refractivity contribution in [2.75, 3.05) is 0 Å². The van der Waals surface area contributed by atoms with Crippen LogP contribution < -0.4 is 4.74 Å². The first kappa shape index (κ1) is 36.2. The lowest BCUT2D eigenvalue weighted by Gasteiger charge is -2.22. The van der Waals surface area contributed by atoms with Crippen molar-refractivity contribution >= 4 is 30.0 Å². The molecule has 4 aromatic carbocycles. The number of hydrogen-bond donors (Lipinski definition) is 9. The Balaban J connectivity index is 1.47. The van der Waals surface area contributed by atoms with Crippen LogP contribution >= 0.6 is 0 Å². The molecule has 0 radical (unpaired) electrons. The summed E-state index contributed by atoms with van der Waals surface area (Å²) in [6.45, 7) is 0. The second-order valence-electron chi connectivity index (χ2n) is 11.6. The fourth-order valence-corrected chi connectivity index (χ4v) is 5.49. The molecule has 4 atom stereocenters. The number of carboxylic acids is 2. The van der Waals surface area contributed by atoms with Gasteiger partial charge in [-0.2, -0.15) is 0 Å². The molecule has 52 heavy (non-hydrogen) atoms. The summed E-state index contributed by atoms with van der Waals surface area (Å²) < 4.78 is 16.5. The third-order valence-corrected chi connectivity index (χ3v) is 8.04. The maximum Gasteiger partial charge on any atom is 0.345 e. The molecule has 5 rings (SSSR count). The normalized spacial score (nSPS) is 16.0. The van der Waals surface area contributed by atoms with Gasteiger partial charge in [-0.3, -0.25) is 4.79 Å². The van der Waals surface area contributed by atoms with Crippen molar-refractivity contribution in [2.45, 2.75) is 37.1 Å². The number of phenols is 7. The van der Waals surface area contributed by atoms with E-state index >= 15 is 0 Å². The molecule has 1 aliphatic heterocycles. The molecule has 1 heterocycles. The number of aromatic hydroxyl groups is 7. The van der Waals surface area contributed by atoms with Crippen LogP contribution in [0.2, 0.25) is 0 Å². The average molecular weight is 719 g/mol. The van der Waals surface area contributed by atoms with E-state index in [1.54, 1.807) is 0 Å². The minimum atomic E-state index is -1.84. The Morgan fingerprint density at radius 2 is 1.13 bits per heavy atom. The number of carbonyl (C=O) groups is 4. The zero-order valence-electron chi connectivity index (χ0n) is 26.6. The lowest BCUT2D eigenvalue weighted by molar-refractivity contribution is -0.166. The Morgan fingerprint density at radius 1 is 0.635 bits per heavy atom. The van der Waals surface area contributed by atoms with Crippen molar-refractivity contribution in [3.05, 3.63) is 101 Å². The van der Waals surface area contributed by atoms with Crippen LogP contribution in [0.4, 0.5) is 0 Å². The molecular formula is C36H30O16. The molecule has 16 heteroatoms. The van der Waals surface area contributed by atoms with Gasteiger partial charge in [0.1, 0.15) is 12.0 Å². The fourth-order valence-electron chi connectivity index (χ4n) is 5.49. The number of aliphatic carboxylic acids is 2. The van der Waals surface area contributed by atoms with Crippen LogP contribution in [-0.2, 0) is 41.5 Å². The van der Waals surface area contributed by atoms with Gasteiger partial charge in [0.05, 0.1) is 0 Å². The molecular weight excluding hydrogens is 688 g/mol. The number of hydrogen-bond acceptors (Lipinski definition) is 14. The minimum absolute atomic E-state index is 0.0443. The number of carboxylic acid groups (broad SMARTS) is 2. The number of rotatable bonds is 12. The summed E-state index contributed by atoms with van der Waals surface area (Å²) in [4.78, 5) is 50.9. The standard InChI is InChI=1S/C36H30O16/c37-20-6-1-16(11-24(20)41)13-27(34(45)46)50-29(44)10-5-18-3-9-23(40)33-30(18)31(32(52-33)19-4-8-22(39)26(43)15-19)36(49)51-28(35(47)48)14-17-2-7-21(38)25(42)12-17/h1-12,15,27-28,31-32,37-43H,13-14H2,(H,45,46)(H,47,48)/t27-,28+,31-,32?/m0/s1. The van der Waals surface area contributed by atoms with Crippen molar-refractivity contribution in [2.24, 2.45) is 0 Å². The Morgan fingerprint density at radius 3 is 1.65 bits per heavy atom. The fraction of sp³-hybridized carbons (Fsp3) is 0.167. The van der Waals surface area contributed by atoms with Crippen molar-refractivity contribution in [3.63, 3.8) is 0 Å². The molecule has 0 spiro atoms. The van der Waals surface area contributed by atoms with E-state index in [1.165, 1.54) is 24.3 Å². The third kappa shape index (κ3) is 7.86. The first-order chi connectivity index (χ1) is 24.6. The molecule has 0 aliphatic carbocycles. The molecule has 0 saturated carbocycles. The summed E-state index contributed by atoms with van der Waals surface area (Å²) in [7, 11) is 0. The largest absolute Gasteiger partial charge is 0.504 e. The molecule has 0 fully saturated rings. The van der Waals surface area contributed by atoms with Gasteiger partial charge in [-0.05, 0) is 70.8 Å². The molecule has 1 unspecified atom stereocenters. The highest BCUT2D eigenvalue weighted by Gasteiger charge is 2.46. The average Bonchev–Trinajstić information content (AvgIpc) is 3.50. The van der Waals surface area contributed by atoms with E-state index in [0.29, 0.717) is 0 Å². The molecule has 16 nitrogen and oxygen atoms in total. The predicted octanol–water partition coefficient (Wildman–Crippen LogP) is 3.33. The number of benzene rings is 4. The Labute approximate surface area is 292 Å². The van der Waals surface area contributed by atoms with Crippen LogP contribution in [0.25, 0.3) is 6.08 Å². The van der Waals surface area contributed by atoms with Crippen molar-refractivity contribution in [1.82, 2.24) is 0 Å². The molecule has 0 aromatic heterocycles. The van der Waals surface area contributed by atoms with E-state index < -0.39 is 94.8 Å². The van der Waals surface area contributed by atoms with Gasteiger partial charge in [-0.15, -0.1) is 0 Å². The number of esters is 2. The summed E-state index contributed by atoms with van der Waals surface area (Å²) in [5.74, 6) is -10.8. The van der Waals surface area contributed by atoms with E-state index in [0.717, 1.165) is 54.6 Å². The predicted molar refractivity (Wildman–Crippen MR) is 175 cm³/mol. The van der Waals surface area contributed by atoms with Gasteiger partial charge in [-0.1, -0.05) is 24.3 Å². The topological polar surface area (TPSA) is 278 Å². The lowest BCUT2D eigenvalue weighted by atomic mass is 9.87. The second kappa shape index (κ2) is 14.8. The zero-order valence-corrected chi connectivity index (χ0v) is 26.6. The van der Waals surface area contributed by atoms with Crippen molar-refractivity contribution < 1.29 is 79.3 Å². The number of carbonyl (C=O) groups excluding carboxylic acids is 2. The maximum absolute atomic E-state index is 13.9. The van der Waals surface area contributed by atoms with Gasteiger partial charge in [0.25, 0.3) is 0 Å². The summed E-state index contributed by atoms with van der Waals surface area (Å²) >= 11 is 0. The van der Waals surface area contributed by atoms with Crippen LogP contribution in [0.1, 0.15) is 39.8 Å². The summed E-state index contributed by atoms with van der Waals surface area (Å²) in [6.07, 6.45) is -3.85. The van der Waals surface area contributed by atoms with E-state index in [2.05, 4.69) is 0 Å². The summed E-state index contributed by atoms with van der Waals surface area (Å²) in [5.41, 5.74) is 0.445. The zero-order chi connectivity index (χ0) is 37.9. The van der Waals surface area contributed by atoms with E-state index in [-0.39, 0.29) is 40.0 Å². The molecule has 0 amide bonds. The molecule has 270 valence electrons. The van der Waals surface area contributed by atoms with Crippen LogP contribution in [-0.4, -0.2) is 82.0 Å². The van der Waals surface area contributed by atoms with Gasteiger partial charge < -0.3 is 60.2 Å². The lowest BCUT2D eigenvalue weighted by Crippen LogP contribution is -2.33. The summed E-state index contributed by atoms with van der Waals surface area (Å²) in [5, 5.41) is 89.1. The molecule has 9 N–H and O–H groups in total. The van der Waals surface area contributed by atoms with Gasteiger partial charge in [0.2, 0.25) is 12.2 Å². The molecule has 0 saturated heterocycles. The third-order valence-electron chi connectivity index (χ3n) is 8.04. The van der Waals surface area contributed by atoms with E-state index in [1.807, 2.05) is 0 Å². The van der Waals surface area contributed by atoms with Gasteiger partial charge >= 0.3 is 23.9 Å². The number of fused-ring (bicyclic) bond motifs is 1. The summed E-state index contributed by atoms with van der Waals surface area (Å²) in [6, 6.07) is 13.0. The first-order valence-electron chi connectivity index (χ1n) is 15.2. The SMILES string of the molecule is O=C(C=Cc1ccc(O)c2c1[C@H](C(=O)O[C@H](Cc1ccc(O)c(O)c1)C(=O)O)C(c1ccc(O)c(O)c1)O2)O[C@@H](Cc1ccc(O)c(O)c1)C(=O)O. The molecule has 0 bridgehead atoms. The highest BCUT2D eigenvalue weighted by atomic mass is 16.6. The minimum Gasteiger partial charge on any atom is -0.504 e. The quantitative estimate of drug-likeness (QED) is 0.0577. The van der Waals surface area contributed by atoms with Crippen molar-refractivity contribution in [1.29, 1.82) is 0 Å². The van der Waals surface area contributed by atoms with Crippen LogP contribution in [0, 0.1) is 0 Å². The number of phenolic OH excluding ortho intramolecular Hbond substituents is 7. The van der Waals surface area contributed by atoms with Crippen molar-refractivity contribution in [3.8, 4) is 46.0 Å². The highest BCUT2D eigenvalue weighted by Crippen LogP contribution is 2.53. The number of ether oxygens (including phenoxy) is 3. The highest BCUT2D eigenvalue weighted by molar-refractivity contribution is 5.92. The van der Waals surface area contributed by atoms with Crippen LogP contribution in [0.15, 0.2) is 72.8 Å². The maximum atomic E-state index is 13.9. The molecule has 4 aromatic rings. The first-order valence-corrected chi connectivity index (χ1v) is 15.2. The Hall–Kier alpha value is -7.10. The molecule has 1 aliphatic rings. The van der Waals surface area contributed by atoms with Crippen LogP contribution in [0.5, 0.6) is 46.0 Å². The van der Waals surface area contributed by atoms with Gasteiger partial charge in [-0.25, -0.2) is 14.4 Å². The van der Waals surface area contributed by atoms with E-state index in [4.69, 9.17) is 14.2 Å². The van der Waals surface area contributed by atoms with Gasteiger partial charge in [0, 0.05) is 24.5 Å². The van der Waals surface area contributed by atoms with Crippen LogP contribution in [0.3, 0.4) is 0 Å².